The second kappa shape index (κ2) is 6.21. The molecule has 1 aliphatic heterocycles. The Morgan fingerprint density at radius 1 is 1.12 bits per heavy atom. The predicted octanol–water partition coefficient (Wildman–Crippen LogP) is 3.82. The van der Waals surface area contributed by atoms with Gasteiger partial charge in [0, 0.05) is 30.7 Å². The number of para-hydroxylation sites is 1. The molecular formula is C20H20N4O2. The van der Waals surface area contributed by atoms with Crippen molar-refractivity contribution in [1.29, 1.82) is 0 Å². The summed E-state index contributed by atoms with van der Waals surface area (Å²) in [4.78, 5) is 9.76. The number of rotatable bonds is 3. The number of benzene rings is 1. The van der Waals surface area contributed by atoms with Crippen LogP contribution in [0.4, 0.5) is 0 Å². The number of pyridine rings is 1. The molecule has 0 spiro atoms. The average molecular weight is 348 g/mol. The van der Waals surface area contributed by atoms with Gasteiger partial charge in [0.25, 0.3) is 0 Å². The van der Waals surface area contributed by atoms with Gasteiger partial charge in [0.2, 0.25) is 0 Å². The van der Waals surface area contributed by atoms with Crippen LogP contribution in [0.5, 0.6) is 0 Å². The van der Waals surface area contributed by atoms with E-state index in [0.717, 1.165) is 59.7 Å². The van der Waals surface area contributed by atoms with E-state index in [1.807, 2.05) is 19.1 Å². The number of aryl methyl sites for hydroxylation is 1. The lowest BCUT2D eigenvalue weighted by Crippen LogP contribution is -2.21. The van der Waals surface area contributed by atoms with Crippen LogP contribution in [0.25, 0.3) is 21.9 Å². The molecule has 132 valence electrons. The van der Waals surface area contributed by atoms with Gasteiger partial charge in [-0.05, 0) is 25.8 Å². The maximum absolute atomic E-state index is 5.59. The Morgan fingerprint density at radius 3 is 2.77 bits per heavy atom. The van der Waals surface area contributed by atoms with Crippen molar-refractivity contribution >= 4 is 21.9 Å². The molecule has 0 radical (unpaired) electrons. The van der Waals surface area contributed by atoms with Crippen molar-refractivity contribution < 1.29 is 9.26 Å². The van der Waals surface area contributed by atoms with Crippen molar-refractivity contribution in [1.82, 2.24) is 19.7 Å². The van der Waals surface area contributed by atoms with Gasteiger partial charge in [0.05, 0.1) is 28.8 Å². The van der Waals surface area contributed by atoms with E-state index in [4.69, 9.17) is 19.2 Å². The number of fused-ring (bicyclic) bond motifs is 3. The molecule has 1 aromatic carbocycles. The van der Waals surface area contributed by atoms with E-state index in [0.29, 0.717) is 12.5 Å². The average Bonchev–Trinajstić information content (AvgIpc) is 3.31. The number of hydrogen-bond donors (Lipinski definition) is 0. The molecule has 5 rings (SSSR count). The first-order valence-electron chi connectivity index (χ1n) is 9.04. The van der Waals surface area contributed by atoms with Crippen molar-refractivity contribution in [2.75, 3.05) is 13.2 Å². The minimum atomic E-state index is 0.376. The Bertz CT molecular complexity index is 1060. The molecule has 6 nitrogen and oxygen atoms in total. The molecule has 0 unspecified atom stereocenters. The normalized spacial score (nSPS) is 15.9. The van der Waals surface area contributed by atoms with Crippen molar-refractivity contribution in [3.8, 4) is 0 Å². The first kappa shape index (κ1) is 15.5. The van der Waals surface area contributed by atoms with Gasteiger partial charge in [-0.3, -0.25) is 4.98 Å². The highest BCUT2D eigenvalue weighted by Crippen LogP contribution is 2.33. The molecule has 6 heteroatoms. The molecule has 0 bridgehead atoms. The van der Waals surface area contributed by atoms with Gasteiger partial charge in [-0.1, -0.05) is 23.4 Å². The summed E-state index contributed by atoms with van der Waals surface area (Å²) in [6.07, 6.45) is 4.25. The summed E-state index contributed by atoms with van der Waals surface area (Å²) in [7, 11) is 0. The van der Waals surface area contributed by atoms with Crippen LogP contribution in [0.2, 0.25) is 0 Å². The molecular weight excluding hydrogens is 328 g/mol. The van der Waals surface area contributed by atoms with Crippen molar-refractivity contribution in [2.45, 2.75) is 32.2 Å². The third-order valence-corrected chi connectivity index (χ3v) is 5.16. The molecule has 1 fully saturated rings. The zero-order valence-corrected chi connectivity index (χ0v) is 14.7. The lowest BCUT2D eigenvalue weighted by molar-refractivity contribution is 0.0700. The van der Waals surface area contributed by atoms with Crippen molar-refractivity contribution in [3.05, 3.63) is 53.8 Å². The van der Waals surface area contributed by atoms with Gasteiger partial charge in [0.1, 0.15) is 17.6 Å². The number of aromatic nitrogens is 4. The second-order valence-corrected chi connectivity index (χ2v) is 6.82. The predicted molar refractivity (Wildman–Crippen MR) is 98.2 cm³/mol. The van der Waals surface area contributed by atoms with Crippen molar-refractivity contribution in [2.24, 2.45) is 0 Å². The summed E-state index contributed by atoms with van der Waals surface area (Å²) < 4.78 is 13.0. The minimum absolute atomic E-state index is 0.376. The smallest absolute Gasteiger partial charge is 0.124 e. The topological polar surface area (TPSA) is 66.0 Å². The molecule has 0 N–H and O–H groups in total. The van der Waals surface area contributed by atoms with Gasteiger partial charge in [0.15, 0.2) is 0 Å². The zero-order valence-electron chi connectivity index (χ0n) is 14.7. The summed E-state index contributed by atoms with van der Waals surface area (Å²) in [5, 5.41) is 5.24. The fraction of sp³-hybridized carbons (Fsp3) is 0.350. The number of ether oxygens (including phenoxy) is 1. The second-order valence-electron chi connectivity index (χ2n) is 6.82. The van der Waals surface area contributed by atoms with Crippen LogP contribution >= 0.6 is 0 Å². The Hall–Kier alpha value is -2.73. The van der Waals surface area contributed by atoms with Gasteiger partial charge >= 0.3 is 0 Å². The van der Waals surface area contributed by atoms with E-state index >= 15 is 0 Å². The molecule has 0 amide bonds. The molecule has 4 aromatic rings. The lowest BCUT2D eigenvalue weighted by atomic mass is 10.1. The third kappa shape index (κ3) is 2.49. The largest absolute Gasteiger partial charge is 0.381 e. The zero-order chi connectivity index (χ0) is 17.5. The molecule has 26 heavy (non-hydrogen) atoms. The Balaban J connectivity index is 1.79. The monoisotopic (exact) mass is 348 g/mol. The highest BCUT2D eigenvalue weighted by Gasteiger charge is 2.24. The van der Waals surface area contributed by atoms with Crippen LogP contribution in [-0.4, -0.2) is 32.9 Å². The molecule has 0 aliphatic carbocycles. The Morgan fingerprint density at radius 2 is 1.96 bits per heavy atom. The molecule has 0 saturated carbocycles. The van der Waals surface area contributed by atoms with Crippen LogP contribution in [0.15, 0.2) is 41.1 Å². The highest BCUT2D eigenvalue weighted by atomic mass is 16.5. The van der Waals surface area contributed by atoms with E-state index in [9.17, 15) is 0 Å². The number of hydrogen-bond acceptors (Lipinski definition) is 5. The van der Waals surface area contributed by atoms with E-state index < -0.39 is 0 Å². The standard InChI is InChI=1S/C20H20N4O2/c1-13-19-20(16-4-2-3-5-17(16)21-13)24(15-7-9-25-10-8-15)18(22-19)12-14-6-11-26-23-14/h2-6,11,15H,7-10,12H2,1H3. The molecule has 3 aromatic heterocycles. The summed E-state index contributed by atoms with van der Waals surface area (Å²) in [6, 6.07) is 10.6. The quantitative estimate of drug-likeness (QED) is 0.563. The highest BCUT2D eigenvalue weighted by molar-refractivity contribution is 6.03. The van der Waals surface area contributed by atoms with Crippen LogP contribution in [0.1, 0.15) is 36.1 Å². The molecule has 4 heterocycles. The first-order valence-corrected chi connectivity index (χ1v) is 9.04. The maximum atomic E-state index is 5.59. The summed E-state index contributed by atoms with van der Waals surface area (Å²) in [6.45, 7) is 3.61. The van der Waals surface area contributed by atoms with E-state index in [-0.39, 0.29) is 0 Å². The summed E-state index contributed by atoms with van der Waals surface area (Å²) in [5.41, 5.74) is 5.03. The molecule has 1 aliphatic rings. The summed E-state index contributed by atoms with van der Waals surface area (Å²) >= 11 is 0. The first-order chi connectivity index (χ1) is 12.8. The van der Waals surface area contributed by atoms with Gasteiger partial charge < -0.3 is 13.8 Å². The van der Waals surface area contributed by atoms with Crippen LogP contribution in [-0.2, 0) is 11.2 Å². The van der Waals surface area contributed by atoms with Crippen molar-refractivity contribution in [3.63, 3.8) is 0 Å². The van der Waals surface area contributed by atoms with Gasteiger partial charge in [-0.15, -0.1) is 0 Å². The SMILES string of the molecule is Cc1nc2ccccc2c2c1nc(Cc1ccon1)n2C1CCOCC1. The van der Waals surface area contributed by atoms with E-state index in [2.05, 4.69) is 27.9 Å². The molecule has 1 saturated heterocycles. The third-order valence-electron chi connectivity index (χ3n) is 5.16. The lowest BCUT2D eigenvalue weighted by Gasteiger charge is -2.26. The van der Waals surface area contributed by atoms with Crippen LogP contribution < -0.4 is 0 Å². The summed E-state index contributed by atoms with van der Waals surface area (Å²) in [5.74, 6) is 1.02. The number of imidazole rings is 1. The minimum Gasteiger partial charge on any atom is -0.381 e. The maximum Gasteiger partial charge on any atom is 0.124 e. The van der Waals surface area contributed by atoms with Crippen LogP contribution in [0.3, 0.4) is 0 Å². The number of nitrogens with zero attached hydrogens (tertiary/aromatic N) is 4. The van der Waals surface area contributed by atoms with E-state index in [1.165, 1.54) is 5.52 Å². The van der Waals surface area contributed by atoms with Gasteiger partial charge in [-0.2, -0.15) is 0 Å². The van der Waals surface area contributed by atoms with Gasteiger partial charge in [-0.25, -0.2) is 4.98 Å². The fourth-order valence-corrected chi connectivity index (χ4v) is 3.95. The van der Waals surface area contributed by atoms with Crippen LogP contribution in [0, 0.1) is 6.92 Å². The Labute approximate surface area is 150 Å². The fourth-order valence-electron chi connectivity index (χ4n) is 3.95. The van der Waals surface area contributed by atoms with E-state index in [1.54, 1.807) is 6.26 Å². The Kier molecular flexibility index (Phi) is 3.71. The molecule has 0 atom stereocenters.